The molecule has 0 saturated heterocycles. The maximum atomic E-state index is 10.5. The van der Waals surface area contributed by atoms with Gasteiger partial charge < -0.3 is 4.72 Å². The Balaban J connectivity index is 2.01. The van der Waals surface area contributed by atoms with Crippen molar-refractivity contribution in [3.8, 4) is 0 Å². The van der Waals surface area contributed by atoms with Gasteiger partial charge >= 0.3 is 0 Å². The third-order valence-electron chi connectivity index (χ3n) is 2.43. The second-order valence-electron chi connectivity index (χ2n) is 3.96. The molecule has 0 radical (unpaired) electrons. The number of nitrogens with zero attached hydrogens (tertiary/aromatic N) is 1. The van der Waals surface area contributed by atoms with Crippen LogP contribution in [-0.4, -0.2) is 9.67 Å². The van der Waals surface area contributed by atoms with Gasteiger partial charge in [-0.2, -0.15) is 0 Å². The summed E-state index contributed by atoms with van der Waals surface area (Å²) in [6.07, 6.45) is 2.42. The quantitative estimate of drug-likeness (QED) is 0.484. The zero-order chi connectivity index (χ0) is 10.9. The summed E-state index contributed by atoms with van der Waals surface area (Å²) in [5.41, 5.74) is 0.920. The average Bonchev–Trinajstić information content (AvgIpc) is 2.95. The van der Waals surface area contributed by atoms with Crippen LogP contribution in [0.5, 0.6) is 0 Å². The number of nitro groups is 1. The Morgan fingerprint density at radius 3 is 2.87 bits per heavy atom. The molecule has 4 nitrogen and oxygen atoms in total. The van der Waals surface area contributed by atoms with Crippen LogP contribution in [0.1, 0.15) is 19.8 Å². The van der Waals surface area contributed by atoms with E-state index >= 15 is 0 Å². The van der Waals surface area contributed by atoms with Crippen molar-refractivity contribution in [1.82, 2.24) is 0 Å². The van der Waals surface area contributed by atoms with Crippen LogP contribution in [0, 0.1) is 10.1 Å². The Bertz CT molecular complexity index is 391. The van der Waals surface area contributed by atoms with Crippen molar-refractivity contribution in [3.05, 3.63) is 34.4 Å². The Labute approximate surface area is 92.3 Å². The first kappa shape index (κ1) is 10.3. The number of hydrogen-bond donors (Lipinski definition) is 1. The van der Waals surface area contributed by atoms with Crippen molar-refractivity contribution in [2.24, 2.45) is 0 Å². The third-order valence-corrected chi connectivity index (χ3v) is 3.67. The minimum atomic E-state index is -0.380. The molecule has 1 saturated carbocycles. The number of non-ortho nitro benzene ring substituents is 1. The molecule has 0 atom stereocenters. The van der Waals surface area contributed by atoms with E-state index < -0.39 is 0 Å². The number of nitrogens with one attached hydrogen (secondary N) is 1. The largest absolute Gasteiger partial charge is 0.329 e. The molecule has 0 aromatic heterocycles. The Morgan fingerprint density at radius 1 is 1.53 bits per heavy atom. The molecular weight excluding hydrogens is 212 g/mol. The monoisotopic (exact) mass is 224 g/mol. The molecule has 1 aliphatic carbocycles. The molecule has 15 heavy (non-hydrogen) atoms. The summed E-state index contributed by atoms with van der Waals surface area (Å²) in [7, 11) is 0. The van der Waals surface area contributed by atoms with Crippen molar-refractivity contribution in [2.75, 3.05) is 4.72 Å². The van der Waals surface area contributed by atoms with E-state index in [0.29, 0.717) is 4.75 Å². The topological polar surface area (TPSA) is 55.2 Å². The average molecular weight is 224 g/mol. The minimum absolute atomic E-state index is 0.126. The van der Waals surface area contributed by atoms with Gasteiger partial charge in [-0.1, -0.05) is 6.07 Å². The lowest BCUT2D eigenvalue weighted by Crippen LogP contribution is -1.99. The molecule has 0 bridgehead atoms. The van der Waals surface area contributed by atoms with Crippen LogP contribution in [0.15, 0.2) is 24.3 Å². The van der Waals surface area contributed by atoms with E-state index in [1.54, 1.807) is 24.1 Å². The standard InChI is InChI=1S/C10H12N2O2S/c1-10(5-6-10)15-11-8-3-2-4-9(7-8)12(13)14/h2-4,7,11H,5-6H2,1H3. The predicted molar refractivity (Wildman–Crippen MR) is 61.9 cm³/mol. The van der Waals surface area contributed by atoms with Crippen molar-refractivity contribution >= 4 is 23.3 Å². The van der Waals surface area contributed by atoms with Crippen LogP contribution in [0.4, 0.5) is 11.4 Å². The molecule has 0 spiro atoms. The Kier molecular flexibility index (Phi) is 2.56. The molecule has 1 aromatic rings. The molecule has 5 heteroatoms. The van der Waals surface area contributed by atoms with E-state index in [2.05, 4.69) is 11.6 Å². The highest BCUT2D eigenvalue weighted by Gasteiger charge is 2.38. The van der Waals surface area contributed by atoms with E-state index in [4.69, 9.17) is 0 Å². The molecular formula is C10H12N2O2S. The van der Waals surface area contributed by atoms with E-state index in [-0.39, 0.29) is 10.6 Å². The van der Waals surface area contributed by atoms with E-state index in [0.717, 1.165) is 5.69 Å². The molecule has 1 aromatic carbocycles. The fourth-order valence-corrected chi connectivity index (χ4v) is 1.94. The molecule has 1 N–H and O–H groups in total. The van der Waals surface area contributed by atoms with Gasteiger partial charge in [0, 0.05) is 16.9 Å². The molecule has 0 heterocycles. The van der Waals surface area contributed by atoms with Gasteiger partial charge in [-0.3, -0.25) is 10.1 Å². The highest BCUT2D eigenvalue weighted by atomic mass is 32.2. The van der Waals surface area contributed by atoms with Crippen molar-refractivity contribution in [3.63, 3.8) is 0 Å². The predicted octanol–water partition coefficient (Wildman–Crippen LogP) is 3.21. The highest BCUT2D eigenvalue weighted by Crippen LogP contribution is 2.47. The van der Waals surface area contributed by atoms with Crippen LogP contribution in [0.3, 0.4) is 0 Å². The molecule has 1 aliphatic rings. The normalized spacial score (nSPS) is 17.1. The van der Waals surface area contributed by atoms with Gasteiger partial charge in [0.1, 0.15) is 0 Å². The lowest BCUT2D eigenvalue weighted by Gasteiger charge is -2.09. The van der Waals surface area contributed by atoms with Crippen LogP contribution in [-0.2, 0) is 0 Å². The number of benzene rings is 1. The van der Waals surface area contributed by atoms with Gasteiger partial charge in [-0.15, -0.1) is 0 Å². The van der Waals surface area contributed by atoms with Crippen molar-refractivity contribution in [1.29, 1.82) is 0 Å². The number of anilines is 1. The smallest absolute Gasteiger partial charge is 0.271 e. The molecule has 0 unspecified atom stereocenters. The summed E-state index contributed by atoms with van der Waals surface area (Å²) in [4.78, 5) is 10.2. The number of rotatable bonds is 4. The molecule has 0 amide bonds. The van der Waals surface area contributed by atoms with Crippen LogP contribution >= 0.6 is 11.9 Å². The number of nitro benzene ring substituents is 1. The van der Waals surface area contributed by atoms with Gasteiger partial charge in [-0.05, 0) is 37.8 Å². The van der Waals surface area contributed by atoms with Gasteiger partial charge in [0.15, 0.2) is 0 Å². The minimum Gasteiger partial charge on any atom is -0.329 e. The molecule has 2 rings (SSSR count). The zero-order valence-electron chi connectivity index (χ0n) is 8.40. The fraction of sp³-hybridized carbons (Fsp3) is 0.400. The SMILES string of the molecule is CC1(SNc2cccc([N+](=O)[O-])c2)CC1. The first-order chi connectivity index (χ1) is 7.09. The molecule has 80 valence electrons. The van der Waals surface area contributed by atoms with E-state index in [1.165, 1.54) is 18.9 Å². The molecule has 0 aliphatic heterocycles. The first-order valence-corrected chi connectivity index (χ1v) is 5.59. The van der Waals surface area contributed by atoms with Gasteiger partial charge in [0.2, 0.25) is 0 Å². The van der Waals surface area contributed by atoms with Gasteiger partial charge in [-0.25, -0.2) is 0 Å². The third kappa shape index (κ3) is 2.62. The van der Waals surface area contributed by atoms with E-state index in [1.807, 2.05) is 6.07 Å². The van der Waals surface area contributed by atoms with Crippen molar-refractivity contribution < 1.29 is 4.92 Å². The second-order valence-corrected chi connectivity index (χ2v) is 5.36. The lowest BCUT2D eigenvalue weighted by molar-refractivity contribution is -0.384. The summed E-state index contributed by atoms with van der Waals surface area (Å²) >= 11 is 1.65. The zero-order valence-corrected chi connectivity index (χ0v) is 9.21. The van der Waals surface area contributed by atoms with Gasteiger partial charge in [0.05, 0.1) is 10.6 Å². The number of hydrogen-bond acceptors (Lipinski definition) is 4. The fourth-order valence-electron chi connectivity index (χ4n) is 1.14. The summed E-state index contributed by atoms with van der Waals surface area (Å²) in [5, 5.41) is 10.5. The van der Waals surface area contributed by atoms with Crippen molar-refractivity contribution in [2.45, 2.75) is 24.5 Å². The highest BCUT2D eigenvalue weighted by molar-refractivity contribution is 8.02. The van der Waals surface area contributed by atoms with Gasteiger partial charge in [0.25, 0.3) is 5.69 Å². The second kappa shape index (κ2) is 3.73. The summed E-state index contributed by atoms with van der Waals surface area (Å²) in [6, 6.07) is 6.58. The van der Waals surface area contributed by atoms with E-state index in [9.17, 15) is 10.1 Å². The van der Waals surface area contributed by atoms with Crippen LogP contribution in [0.25, 0.3) is 0 Å². The maximum absolute atomic E-state index is 10.5. The lowest BCUT2D eigenvalue weighted by atomic mass is 10.3. The Hall–Kier alpha value is -1.23. The molecule has 1 fully saturated rings. The first-order valence-electron chi connectivity index (χ1n) is 4.78. The van der Waals surface area contributed by atoms with Crippen LogP contribution < -0.4 is 4.72 Å². The maximum Gasteiger partial charge on any atom is 0.271 e. The van der Waals surface area contributed by atoms with Crippen LogP contribution in [0.2, 0.25) is 0 Å². The Morgan fingerprint density at radius 2 is 2.27 bits per heavy atom. The summed E-state index contributed by atoms with van der Waals surface area (Å²) < 4.78 is 3.48. The summed E-state index contributed by atoms with van der Waals surface area (Å²) in [5.74, 6) is 0. The summed E-state index contributed by atoms with van der Waals surface area (Å²) in [6.45, 7) is 2.18.